The Morgan fingerprint density at radius 2 is 1.29 bits per heavy atom. The van der Waals surface area contributed by atoms with E-state index in [1.54, 1.807) is 0 Å². The van der Waals surface area contributed by atoms with Crippen LogP contribution in [0.25, 0.3) is 11.1 Å². The van der Waals surface area contributed by atoms with Crippen LogP contribution in [0.5, 0.6) is 0 Å². The molecule has 0 aliphatic heterocycles. The summed E-state index contributed by atoms with van der Waals surface area (Å²) in [6.07, 6.45) is 14.6. The molecular weight excluding hydrogens is 443 g/mol. The third-order valence-electron chi connectivity index (χ3n) is 8.25. The van der Waals surface area contributed by atoms with E-state index in [1.807, 2.05) is 0 Å². The summed E-state index contributed by atoms with van der Waals surface area (Å²) >= 11 is 0. The van der Waals surface area contributed by atoms with E-state index in [4.69, 9.17) is 0 Å². The molecule has 2 aliphatic rings. The fourth-order valence-electron chi connectivity index (χ4n) is 6.39. The molecule has 186 valence electrons. The molecule has 0 spiro atoms. The third-order valence-corrected chi connectivity index (χ3v) is 8.25. The molecule has 0 radical (unpaired) electrons. The Bertz CT molecular complexity index is 938. The van der Waals surface area contributed by atoms with E-state index in [0.717, 1.165) is 25.2 Å². The van der Waals surface area contributed by atoms with Gasteiger partial charge < -0.3 is 0 Å². The minimum absolute atomic E-state index is 0.0894. The number of hydrogen-bond acceptors (Lipinski definition) is 0. The molecule has 0 aromatic heterocycles. The summed E-state index contributed by atoms with van der Waals surface area (Å²) in [4.78, 5) is 0. The number of fused-ring (bicyclic) bond motifs is 1. The van der Waals surface area contributed by atoms with Crippen LogP contribution in [-0.2, 0) is 0 Å². The zero-order valence-corrected chi connectivity index (χ0v) is 20.0. The molecule has 4 atom stereocenters. The molecule has 34 heavy (non-hydrogen) atoms. The van der Waals surface area contributed by atoms with Gasteiger partial charge in [0.1, 0.15) is 11.6 Å². The molecule has 0 amide bonds. The lowest BCUT2D eigenvalue weighted by Gasteiger charge is -2.42. The first kappa shape index (κ1) is 25.2. The molecule has 2 aliphatic carbocycles. The van der Waals surface area contributed by atoms with Crippen LogP contribution in [0.1, 0.15) is 95.5 Å². The highest BCUT2D eigenvalue weighted by Gasteiger charge is 2.36. The van der Waals surface area contributed by atoms with E-state index in [9.17, 15) is 22.0 Å². The van der Waals surface area contributed by atoms with Gasteiger partial charge in [-0.3, -0.25) is 0 Å². The predicted octanol–water partition coefficient (Wildman–Crippen LogP) is 9.71. The second kappa shape index (κ2) is 11.2. The second-order valence-corrected chi connectivity index (χ2v) is 10.5. The van der Waals surface area contributed by atoms with E-state index in [2.05, 4.69) is 6.92 Å². The van der Waals surface area contributed by atoms with Crippen molar-refractivity contribution in [3.05, 3.63) is 58.9 Å². The number of hydrogen-bond donors (Lipinski definition) is 0. The van der Waals surface area contributed by atoms with Crippen LogP contribution >= 0.6 is 0 Å². The Morgan fingerprint density at radius 3 is 1.97 bits per heavy atom. The molecular formula is C29H35F5. The SMILES string of the molecule is CCCCCCCC1CC[C@@H]2C[C@H](c3cc(F)c(-c4cc(F)c(F)c(F)c4)c(F)c3)CC[C@@H]2C1. The van der Waals surface area contributed by atoms with Gasteiger partial charge in [0, 0.05) is 0 Å². The Balaban J connectivity index is 1.39. The largest absolute Gasteiger partial charge is 0.206 e. The highest BCUT2D eigenvalue weighted by Crippen LogP contribution is 2.49. The molecule has 0 nitrogen and oxygen atoms in total. The van der Waals surface area contributed by atoms with Gasteiger partial charge in [0.2, 0.25) is 0 Å². The molecule has 0 saturated heterocycles. The first-order valence-corrected chi connectivity index (χ1v) is 13.0. The minimum atomic E-state index is -1.65. The predicted molar refractivity (Wildman–Crippen MR) is 126 cm³/mol. The van der Waals surface area contributed by atoms with Crippen molar-refractivity contribution in [1.82, 2.24) is 0 Å². The van der Waals surface area contributed by atoms with Crippen molar-refractivity contribution in [3.8, 4) is 11.1 Å². The van der Waals surface area contributed by atoms with Crippen LogP contribution in [0.3, 0.4) is 0 Å². The smallest absolute Gasteiger partial charge is 0.194 e. The average Bonchev–Trinajstić information content (AvgIpc) is 2.81. The van der Waals surface area contributed by atoms with Crippen LogP contribution in [0.2, 0.25) is 0 Å². The van der Waals surface area contributed by atoms with Gasteiger partial charge in [-0.1, -0.05) is 51.9 Å². The van der Waals surface area contributed by atoms with Gasteiger partial charge in [0.25, 0.3) is 0 Å². The van der Waals surface area contributed by atoms with Crippen LogP contribution < -0.4 is 0 Å². The third kappa shape index (κ3) is 5.66. The number of rotatable bonds is 8. The van der Waals surface area contributed by atoms with Crippen molar-refractivity contribution >= 4 is 0 Å². The number of halogens is 5. The summed E-state index contributed by atoms with van der Waals surface area (Å²) in [7, 11) is 0. The fraction of sp³-hybridized carbons (Fsp3) is 0.586. The molecule has 2 fully saturated rings. The number of unbranched alkanes of at least 4 members (excludes halogenated alkanes) is 4. The standard InChI is InChI=1S/C29H35F5/c1-2-3-4-5-6-7-18-8-9-20-13-21(11-10-19(20)12-18)22-14-24(30)28(25(31)15-22)23-16-26(32)29(34)27(33)17-23/h14-21H,2-13H2,1H3/t18?,19-,20-,21-/m1/s1. The molecule has 2 aromatic rings. The first-order chi connectivity index (χ1) is 16.4. The second-order valence-electron chi connectivity index (χ2n) is 10.5. The van der Waals surface area contributed by atoms with E-state index >= 15 is 0 Å². The van der Waals surface area contributed by atoms with Gasteiger partial charge in [0.05, 0.1) is 5.56 Å². The highest BCUT2D eigenvalue weighted by atomic mass is 19.2. The van der Waals surface area contributed by atoms with E-state index in [1.165, 1.54) is 69.9 Å². The summed E-state index contributed by atoms with van der Waals surface area (Å²) in [6.45, 7) is 2.24. The van der Waals surface area contributed by atoms with Crippen molar-refractivity contribution in [2.75, 3.05) is 0 Å². The lowest BCUT2D eigenvalue weighted by atomic mass is 9.63. The lowest BCUT2D eigenvalue weighted by molar-refractivity contribution is 0.113. The Hall–Kier alpha value is -1.91. The Labute approximate surface area is 200 Å². The van der Waals surface area contributed by atoms with Gasteiger partial charge in [-0.2, -0.15) is 0 Å². The quantitative estimate of drug-likeness (QED) is 0.201. The van der Waals surface area contributed by atoms with Gasteiger partial charge in [-0.25, -0.2) is 22.0 Å². The summed E-state index contributed by atoms with van der Waals surface area (Å²) in [6, 6.07) is 3.86. The normalized spacial score (nSPS) is 24.8. The first-order valence-electron chi connectivity index (χ1n) is 13.0. The average molecular weight is 479 g/mol. The Morgan fingerprint density at radius 1 is 0.676 bits per heavy atom. The molecule has 0 N–H and O–H groups in total. The summed E-state index contributed by atoms with van der Waals surface area (Å²) in [5.41, 5.74) is -0.248. The summed E-state index contributed by atoms with van der Waals surface area (Å²) < 4.78 is 70.3. The molecule has 4 rings (SSSR count). The molecule has 1 unspecified atom stereocenters. The maximum Gasteiger partial charge on any atom is 0.194 e. The van der Waals surface area contributed by atoms with E-state index < -0.39 is 34.6 Å². The molecule has 0 heterocycles. The topological polar surface area (TPSA) is 0 Å². The zero-order chi connectivity index (χ0) is 24.2. The Kier molecular flexibility index (Phi) is 8.31. The zero-order valence-electron chi connectivity index (χ0n) is 20.0. The highest BCUT2D eigenvalue weighted by molar-refractivity contribution is 5.65. The van der Waals surface area contributed by atoms with Crippen LogP contribution in [0, 0.1) is 46.8 Å². The van der Waals surface area contributed by atoms with Crippen LogP contribution in [0.15, 0.2) is 24.3 Å². The van der Waals surface area contributed by atoms with Crippen molar-refractivity contribution < 1.29 is 22.0 Å². The van der Waals surface area contributed by atoms with Crippen molar-refractivity contribution in [3.63, 3.8) is 0 Å². The fourth-order valence-corrected chi connectivity index (χ4v) is 6.39. The monoisotopic (exact) mass is 478 g/mol. The maximum atomic E-state index is 14.9. The van der Waals surface area contributed by atoms with Crippen molar-refractivity contribution in [1.29, 1.82) is 0 Å². The maximum absolute atomic E-state index is 14.9. The molecule has 2 aromatic carbocycles. The van der Waals surface area contributed by atoms with Crippen LogP contribution in [-0.4, -0.2) is 0 Å². The number of benzene rings is 2. The van der Waals surface area contributed by atoms with E-state index in [0.29, 0.717) is 29.5 Å². The molecule has 0 bridgehead atoms. The minimum Gasteiger partial charge on any atom is -0.206 e. The van der Waals surface area contributed by atoms with Gasteiger partial charge >= 0.3 is 0 Å². The van der Waals surface area contributed by atoms with Gasteiger partial charge in [-0.05, 0) is 91.2 Å². The molecule has 5 heteroatoms. The molecule has 2 saturated carbocycles. The van der Waals surface area contributed by atoms with E-state index in [-0.39, 0.29) is 11.5 Å². The van der Waals surface area contributed by atoms with Crippen molar-refractivity contribution in [2.45, 2.75) is 89.9 Å². The van der Waals surface area contributed by atoms with Gasteiger partial charge in [-0.15, -0.1) is 0 Å². The lowest BCUT2D eigenvalue weighted by Crippen LogP contribution is -2.30. The summed E-state index contributed by atoms with van der Waals surface area (Å²) in [5, 5.41) is 0. The van der Waals surface area contributed by atoms with Crippen molar-refractivity contribution in [2.24, 2.45) is 17.8 Å². The van der Waals surface area contributed by atoms with Crippen LogP contribution in [0.4, 0.5) is 22.0 Å². The summed E-state index contributed by atoms with van der Waals surface area (Å²) in [5.74, 6) is -4.09. The van der Waals surface area contributed by atoms with Gasteiger partial charge in [0.15, 0.2) is 17.5 Å².